The number of aromatic nitrogens is 2. The zero-order valence-electron chi connectivity index (χ0n) is 15.7. The standard InChI is InChI=1S/C18H23N7O3/c1-10(2)21-15(26)9-20-17-16(24-28-25-17)18(23-27)22-14-6-5-12-4-3-11(8-19)7-13(12)14/h3-4,7,10,14-15,21,26-27H,5-6,9H2,1-2H3,(H,20,25)(H,22,23). The minimum atomic E-state index is -0.793. The topological polar surface area (TPSA) is 152 Å². The lowest BCUT2D eigenvalue weighted by Crippen LogP contribution is -2.39. The number of rotatable bonds is 7. The molecule has 0 saturated carbocycles. The van der Waals surface area contributed by atoms with Crippen LogP contribution in [0.4, 0.5) is 5.82 Å². The average Bonchev–Trinajstić information content (AvgIpc) is 3.30. The molecule has 2 unspecified atom stereocenters. The molecule has 5 N–H and O–H groups in total. The van der Waals surface area contributed by atoms with Crippen LogP contribution in [-0.4, -0.2) is 45.3 Å². The van der Waals surface area contributed by atoms with Crippen LogP contribution in [0.25, 0.3) is 0 Å². The molecule has 1 heterocycles. The highest BCUT2D eigenvalue weighted by atomic mass is 16.6. The summed E-state index contributed by atoms with van der Waals surface area (Å²) in [6.45, 7) is 4.00. The van der Waals surface area contributed by atoms with Crippen LogP contribution in [-0.2, 0) is 6.42 Å². The molecule has 1 aliphatic rings. The maximum absolute atomic E-state index is 9.92. The van der Waals surface area contributed by atoms with E-state index in [1.807, 2.05) is 26.0 Å². The number of aryl methyl sites for hydroxylation is 1. The van der Waals surface area contributed by atoms with Crippen molar-refractivity contribution in [3.8, 4) is 6.07 Å². The van der Waals surface area contributed by atoms with Crippen LogP contribution in [0.2, 0.25) is 0 Å². The number of aliphatic hydroxyl groups excluding tert-OH is 1. The highest BCUT2D eigenvalue weighted by Gasteiger charge is 2.25. The lowest BCUT2D eigenvalue weighted by molar-refractivity contribution is 0.139. The highest BCUT2D eigenvalue weighted by Crippen LogP contribution is 2.35. The Kier molecular flexibility index (Phi) is 6.20. The van der Waals surface area contributed by atoms with Crippen molar-refractivity contribution < 1.29 is 14.9 Å². The second-order valence-corrected chi connectivity index (χ2v) is 6.85. The van der Waals surface area contributed by atoms with Crippen molar-refractivity contribution >= 4 is 11.7 Å². The van der Waals surface area contributed by atoms with E-state index in [1.165, 1.54) is 0 Å². The van der Waals surface area contributed by atoms with E-state index in [1.54, 1.807) is 6.07 Å². The molecule has 0 fully saturated rings. The Morgan fingerprint density at radius 1 is 1.43 bits per heavy atom. The predicted molar refractivity (Wildman–Crippen MR) is 101 cm³/mol. The summed E-state index contributed by atoms with van der Waals surface area (Å²) < 4.78 is 4.77. The van der Waals surface area contributed by atoms with Crippen LogP contribution < -0.4 is 16.1 Å². The number of nitrogens with zero attached hydrogens (tertiary/aromatic N) is 4. The fourth-order valence-corrected chi connectivity index (χ4v) is 3.18. The number of benzene rings is 1. The molecule has 0 bridgehead atoms. The van der Waals surface area contributed by atoms with E-state index in [0.717, 1.165) is 24.0 Å². The Morgan fingerprint density at radius 2 is 2.25 bits per heavy atom. The SMILES string of the molecule is CC(C)NC(O)CNc1nonc1C(=NC1CCc2ccc(C#N)cc21)NO. The zero-order chi connectivity index (χ0) is 20.1. The van der Waals surface area contributed by atoms with E-state index in [9.17, 15) is 10.3 Å². The molecule has 28 heavy (non-hydrogen) atoms. The van der Waals surface area contributed by atoms with Crippen molar-refractivity contribution in [3.63, 3.8) is 0 Å². The molecule has 0 aliphatic heterocycles. The number of hydrogen-bond acceptors (Lipinski definition) is 9. The molecule has 1 aliphatic carbocycles. The number of hydrogen-bond donors (Lipinski definition) is 5. The van der Waals surface area contributed by atoms with Gasteiger partial charge in [-0.1, -0.05) is 6.07 Å². The summed E-state index contributed by atoms with van der Waals surface area (Å²) in [7, 11) is 0. The Labute approximate surface area is 162 Å². The number of nitriles is 1. The highest BCUT2D eigenvalue weighted by molar-refractivity contribution is 6.00. The van der Waals surface area contributed by atoms with E-state index >= 15 is 0 Å². The van der Waals surface area contributed by atoms with Crippen LogP contribution in [0.3, 0.4) is 0 Å². The van der Waals surface area contributed by atoms with Gasteiger partial charge in [0, 0.05) is 6.04 Å². The second kappa shape index (κ2) is 8.79. The van der Waals surface area contributed by atoms with Crippen LogP contribution in [0.15, 0.2) is 27.8 Å². The Hall–Kier alpha value is -3.00. The lowest BCUT2D eigenvalue weighted by Gasteiger charge is -2.16. The van der Waals surface area contributed by atoms with Crippen molar-refractivity contribution in [1.82, 2.24) is 21.1 Å². The van der Waals surface area contributed by atoms with Gasteiger partial charge in [0.05, 0.1) is 24.2 Å². The van der Waals surface area contributed by atoms with E-state index < -0.39 is 6.23 Å². The van der Waals surface area contributed by atoms with Crippen molar-refractivity contribution in [1.29, 1.82) is 5.26 Å². The summed E-state index contributed by atoms with van der Waals surface area (Å²) in [4.78, 5) is 4.55. The van der Waals surface area contributed by atoms with Gasteiger partial charge in [0.15, 0.2) is 11.5 Å². The molecule has 10 nitrogen and oxygen atoms in total. The molecule has 10 heteroatoms. The van der Waals surface area contributed by atoms with Crippen LogP contribution in [0, 0.1) is 11.3 Å². The molecule has 0 amide bonds. The van der Waals surface area contributed by atoms with Gasteiger partial charge in [-0.2, -0.15) is 5.26 Å². The van der Waals surface area contributed by atoms with Gasteiger partial charge >= 0.3 is 0 Å². The van der Waals surface area contributed by atoms with Crippen molar-refractivity contribution in [3.05, 3.63) is 40.6 Å². The molecule has 1 aromatic carbocycles. The summed E-state index contributed by atoms with van der Waals surface area (Å²) in [6.07, 6.45) is 0.794. The Bertz CT molecular complexity index is 888. The molecular formula is C18H23N7O3. The molecule has 0 radical (unpaired) electrons. The van der Waals surface area contributed by atoms with Crippen molar-refractivity contribution in [2.45, 2.75) is 45.0 Å². The molecular weight excluding hydrogens is 362 g/mol. The van der Waals surface area contributed by atoms with E-state index in [-0.39, 0.29) is 36.0 Å². The molecule has 2 atom stereocenters. The average molecular weight is 385 g/mol. The molecule has 3 rings (SSSR count). The first-order chi connectivity index (χ1) is 13.5. The summed E-state index contributed by atoms with van der Waals surface area (Å²) in [5.41, 5.74) is 4.90. The van der Waals surface area contributed by atoms with Gasteiger partial charge in [0.25, 0.3) is 0 Å². The molecule has 2 aromatic rings. The van der Waals surface area contributed by atoms with Gasteiger partial charge in [0.1, 0.15) is 6.23 Å². The predicted octanol–water partition coefficient (Wildman–Crippen LogP) is 1.08. The Morgan fingerprint density at radius 3 is 2.96 bits per heavy atom. The third-order valence-corrected chi connectivity index (χ3v) is 4.41. The molecule has 148 valence electrons. The lowest BCUT2D eigenvalue weighted by atomic mass is 10.1. The Balaban J connectivity index is 1.79. The van der Waals surface area contributed by atoms with Gasteiger partial charge in [-0.15, -0.1) is 0 Å². The normalized spacial score (nSPS) is 17.3. The van der Waals surface area contributed by atoms with E-state index in [2.05, 4.69) is 37.5 Å². The third-order valence-electron chi connectivity index (χ3n) is 4.41. The first-order valence-corrected chi connectivity index (χ1v) is 9.03. The summed E-state index contributed by atoms with van der Waals surface area (Å²) in [5.74, 6) is 0.337. The monoisotopic (exact) mass is 385 g/mol. The number of amidine groups is 1. The number of aliphatic hydroxyl groups is 1. The van der Waals surface area contributed by atoms with Crippen molar-refractivity contribution in [2.75, 3.05) is 11.9 Å². The largest absolute Gasteiger partial charge is 0.377 e. The number of hydroxylamine groups is 1. The van der Waals surface area contributed by atoms with Gasteiger partial charge in [-0.05, 0) is 60.3 Å². The summed E-state index contributed by atoms with van der Waals surface area (Å²) in [6, 6.07) is 7.56. The molecule has 0 spiro atoms. The fraction of sp³-hybridized carbons (Fsp3) is 0.444. The van der Waals surface area contributed by atoms with E-state index in [0.29, 0.717) is 5.56 Å². The number of nitrogens with one attached hydrogen (secondary N) is 3. The smallest absolute Gasteiger partial charge is 0.202 e. The van der Waals surface area contributed by atoms with Crippen molar-refractivity contribution in [2.24, 2.45) is 4.99 Å². The quantitative estimate of drug-likeness (QED) is 0.204. The number of aliphatic imine (C=N–C) groups is 1. The first kappa shape index (κ1) is 19.8. The van der Waals surface area contributed by atoms with Crippen LogP contribution >= 0.6 is 0 Å². The van der Waals surface area contributed by atoms with Gasteiger partial charge in [0.2, 0.25) is 5.82 Å². The minimum Gasteiger partial charge on any atom is -0.377 e. The van der Waals surface area contributed by atoms with E-state index in [4.69, 9.17) is 9.89 Å². The maximum atomic E-state index is 9.92. The van der Waals surface area contributed by atoms with Crippen LogP contribution in [0.1, 0.15) is 48.7 Å². The second-order valence-electron chi connectivity index (χ2n) is 6.85. The summed E-state index contributed by atoms with van der Waals surface area (Å²) in [5, 5.41) is 42.1. The maximum Gasteiger partial charge on any atom is 0.202 e. The van der Waals surface area contributed by atoms with Gasteiger partial charge < -0.3 is 10.4 Å². The molecule has 1 aromatic heterocycles. The fourth-order valence-electron chi connectivity index (χ4n) is 3.18. The number of fused-ring (bicyclic) bond motifs is 1. The van der Waals surface area contributed by atoms with Crippen LogP contribution in [0.5, 0.6) is 0 Å². The first-order valence-electron chi connectivity index (χ1n) is 9.03. The third kappa shape index (κ3) is 4.45. The number of anilines is 1. The zero-order valence-corrected chi connectivity index (χ0v) is 15.7. The van der Waals surface area contributed by atoms with Gasteiger partial charge in [-0.25, -0.2) is 4.63 Å². The summed E-state index contributed by atoms with van der Waals surface area (Å²) >= 11 is 0. The molecule has 0 saturated heterocycles. The minimum absolute atomic E-state index is 0.0928. The van der Waals surface area contributed by atoms with Gasteiger partial charge in [-0.3, -0.25) is 21.0 Å².